The van der Waals surface area contributed by atoms with Crippen molar-refractivity contribution in [2.45, 2.75) is 13.5 Å². The summed E-state index contributed by atoms with van der Waals surface area (Å²) in [6.45, 7) is 2.02. The lowest BCUT2D eigenvalue weighted by Gasteiger charge is -2.27. The molecule has 4 aromatic rings. The number of nitrogens with zero attached hydrogens (tertiary/aromatic N) is 1. The second-order valence-electron chi connectivity index (χ2n) is 8.68. The SMILES string of the molecule is COc1cc(/C=C2\C(=O)NC(=O)N(c3cccc(Cl)c3C)C2=O)ccc1OCc1cccc2ccccc12. The van der Waals surface area contributed by atoms with Gasteiger partial charge in [0.05, 0.1) is 12.8 Å². The Balaban J connectivity index is 1.42. The Bertz CT molecular complexity index is 1620. The normalized spacial score (nSPS) is 14.7. The number of anilines is 1. The number of amides is 4. The van der Waals surface area contributed by atoms with E-state index in [1.165, 1.54) is 13.2 Å². The second-order valence-corrected chi connectivity index (χ2v) is 9.09. The molecular formula is C30H23ClN2O5. The third-order valence-corrected chi connectivity index (χ3v) is 6.75. The van der Waals surface area contributed by atoms with Crippen LogP contribution in [0.4, 0.5) is 10.5 Å². The van der Waals surface area contributed by atoms with Crippen molar-refractivity contribution in [2.75, 3.05) is 12.0 Å². The van der Waals surface area contributed by atoms with E-state index in [1.54, 1.807) is 43.3 Å². The van der Waals surface area contributed by atoms with E-state index in [-0.39, 0.29) is 5.57 Å². The van der Waals surface area contributed by atoms with E-state index < -0.39 is 17.8 Å². The van der Waals surface area contributed by atoms with Crippen LogP contribution in [0.25, 0.3) is 16.8 Å². The summed E-state index contributed by atoms with van der Waals surface area (Å²) < 4.78 is 11.6. The molecule has 1 aliphatic heterocycles. The van der Waals surface area contributed by atoms with E-state index in [2.05, 4.69) is 5.32 Å². The smallest absolute Gasteiger partial charge is 0.335 e. The first kappa shape index (κ1) is 25.0. The number of halogens is 1. The molecule has 1 aliphatic rings. The first-order chi connectivity index (χ1) is 18.4. The van der Waals surface area contributed by atoms with Crippen LogP contribution in [0.15, 0.2) is 84.4 Å². The summed E-state index contributed by atoms with van der Waals surface area (Å²) in [5.41, 5.74) is 2.20. The Morgan fingerprint density at radius 3 is 2.50 bits per heavy atom. The fraction of sp³-hybridized carbons (Fsp3) is 0.100. The van der Waals surface area contributed by atoms with Crippen LogP contribution >= 0.6 is 11.6 Å². The number of rotatable bonds is 6. The molecule has 0 radical (unpaired) electrons. The van der Waals surface area contributed by atoms with Gasteiger partial charge in [-0.1, -0.05) is 66.2 Å². The summed E-state index contributed by atoms with van der Waals surface area (Å²) in [5, 5.41) is 4.85. The van der Waals surface area contributed by atoms with Crippen molar-refractivity contribution in [3.8, 4) is 11.5 Å². The van der Waals surface area contributed by atoms with Gasteiger partial charge in [0.1, 0.15) is 12.2 Å². The van der Waals surface area contributed by atoms with Crippen LogP contribution in [0.1, 0.15) is 16.7 Å². The van der Waals surface area contributed by atoms with Crippen LogP contribution in [0, 0.1) is 6.92 Å². The number of nitrogens with one attached hydrogen (secondary N) is 1. The molecule has 1 fully saturated rings. The number of imide groups is 2. The molecule has 0 aromatic heterocycles. The van der Waals surface area contributed by atoms with Gasteiger partial charge in [0.2, 0.25) is 0 Å². The summed E-state index contributed by atoms with van der Waals surface area (Å²) in [6, 6.07) is 23.3. The molecule has 0 spiro atoms. The van der Waals surface area contributed by atoms with Crippen molar-refractivity contribution < 1.29 is 23.9 Å². The van der Waals surface area contributed by atoms with Gasteiger partial charge in [0.25, 0.3) is 11.8 Å². The lowest BCUT2D eigenvalue weighted by molar-refractivity contribution is -0.122. The number of benzene rings is 4. The molecule has 5 rings (SSSR count). The summed E-state index contributed by atoms with van der Waals surface area (Å²) in [4.78, 5) is 39.4. The molecule has 4 aromatic carbocycles. The highest BCUT2D eigenvalue weighted by atomic mass is 35.5. The Hall–Kier alpha value is -4.62. The summed E-state index contributed by atoms with van der Waals surface area (Å²) in [5.74, 6) is -0.596. The molecule has 0 aliphatic carbocycles. The molecule has 1 heterocycles. The van der Waals surface area contributed by atoms with E-state index in [0.29, 0.717) is 39.9 Å². The zero-order valence-electron chi connectivity index (χ0n) is 20.7. The number of carbonyl (C=O) groups is 3. The van der Waals surface area contributed by atoms with Gasteiger partial charge in [-0.15, -0.1) is 0 Å². The number of carbonyl (C=O) groups excluding carboxylic acids is 3. The molecule has 0 unspecified atom stereocenters. The molecule has 7 nitrogen and oxygen atoms in total. The molecule has 0 bridgehead atoms. The average Bonchev–Trinajstić information content (AvgIpc) is 2.92. The molecule has 0 atom stereocenters. The largest absolute Gasteiger partial charge is 0.493 e. The molecule has 0 saturated carbocycles. The first-order valence-corrected chi connectivity index (χ1v) is 12.2. The van der Waals surface area contributed by atoms with Crippen molar-refractivity contribution in [1.29, 1.82) is 0 Å². The van der Waals surface area contributed by atoms with Gasteiger partial charge in [0, 0.05) is 5.02 Å². The highest BCUT2D eigenvalue weighted by Gasteiger charge is 2.37. The van der Waals surface area contributed by atoms with Gasteiger partial charge in [-0.25, -0.2) is 9.69 Å². The van der Waals surface area contributed by atoms with E-state index in [1.807, 2.05) is 42.5 Å². The maximum atomic E-state index is 13.3. The minimum Gasteiger partial charge on any atom is -0.493 e. The number of urea groups is 1. The van der Waals surface area contributed by atoms with Crippen LogP contribution in [-0.2, 0) is 16.2 Å². The number of methoxy groups -OCH3 is 1. The number of barbiturate groups is 1. The van der Waals surface area contributed by atoms with E-state index in [0.717, 1.165) is 21.2 Å². The highest BCUT2D eigenvalue weighted by molar-refractivity contribution is 6.40. The van der Waals surface area contributed by atoms with Gasteiger partial charge < -0.3 is 9.47 Å². The van der Waals surface area contributed by atoms with E-state index in [4.69, 9.17) is 21.1 Å². The molecule has 8 heteroatoms. The third-order valence-electron chi connectivity index (χ3n) is 6.34. The number of hydrogen-bond donors (Lipinski definition) is 1. The van der Waals surface area contributed by atoms with Gasteiger partial charge in [-0.05, 0) is 64.7 Å². The molecular weight excluding hydrogens is 504 g/mol. The highest BCUT2D eigenvalue weighted by Crippen LogP contribution is 2.32. The topological polar surface area (TPSA) is 84.9 Å². The minimum absolute atomic E-state index is 0.199. The van der Waals surface area contributed by atoms with Crippen LogP contribution in [0.5, 0.6) is 11.5 Å². The van der Waals surface area contributed by atoms with Crippen molar-refractivity contribution in [3.63, 3.8) is 0 Å². The predicted molar refractivity (Wildman–Crippen MR) is 146 cm³/mol. The second kappa shape index (κ2) is 10.4. The van der Waals surface area contributed by atoms with Crippen molar-refractivity contribution in [1.82, 2.24) is 5.32 Å². The summed E-state index contributed by atoms with van der Waals surface area (Å²) in [7, 11) is 1.51. The van der Waals surface area contributed by atoms with Crippen LogP contribution < -0.4 is 19.7 Å². The van der Waals surface area contributed by atoms with Crippen LogP contribution in [-0.4, -0.2) is 25.0 Å². The Morgan fingerprint density at radius 1 is 0.921 bits per heavy atom. The summed E-state index contributed by atoms with van der Waals surface area (Å²) in [6.07, 6.45) is 1.41. The van der Waals surface area contributed by atoms with E-state index >= 15 is 0 Å². The van der Waals surface area contributed by atoms with Gasteiger partial charge in [-0.2, -0.15) is 0 Å². The van der Waals surface area contributed by atoms with Gasteiger partial charge in [0.15, 0.2) is 11.5 Å². The maximum absolute atomic E-state index is 13.3. The number of fused-ring (bicyclic) bond motifs is 1. The fourth-order valence-electron chi connectivity index (χ4n) is 4.35. The number of ether oxygens (including phenoxy) is 2. The van der Waals surface area contributed by atoms with Crippen molar-refractivity contribution in [2.24, 2.45) is 0 Å². The monoisotopic (exact) mass is 526 g/mol. The lowest BCUT2D eigenvalue weighted by atomic mass is 10.0. The first-order valence-electron chi connectivity index (χ1n) is 11.8. The Labute approximate surface area is 224 Å². The molecule has 1 N–H and O–H groups in total. The molecule has 1 saturated heterocycles. The molecule has 4 amide bonds. The minimum atomic E-state index is -0.836. The van der Waals surface area contributed by atoms with Crippen LogP contribution in [0.3, 0.4) is 0 Å². The van der Waals surface area contributed by atoms with Gasteiger partial charge >= 0.3 is 6.03 Å². The molecule has 190 valence electrons. The zero-order valence-corrected chi connectivity index (χ0v) is 21.4. The lowest BCUT2D eigenvalue weighted by Crippen LogP contribution is -2.54. The summed E-state index contributed by atoms with van der Waals surface area (Å²) >= 11 is 6.19. The standard InChI is InChI=1S/C30H23ClN2O5/c1-18-24(31)11-6-12-25(18)33-29(35)23(28(34)32-30(33)36)15-19-13-14-26(27(16-19)37-2)38-17-21-9-5-8-20-7-3-4-10-22(20)21/h3-16H,17H2,1-2H3,(H,32,34,36)/b23-15+. The third kappa shape index (κ3) is 4.71. The fourth-order valence-corrected chi connectivity index (χ4v) is 4.52. The quantitative estimate of drug-likeness (QED) is 0.244. The van der Waals surface area contributed by atoms with Crippen LogP contribution in [0.2, 0.25) is 5.02 Å². The Morgan fingerprint density at radius 2 is 1.68 bits per heavy atom. The Kier molecular flexibility index (Phi) is 6.85. The maximum Gasteiger partial charge on any atom is 0.335 e. The number of hydrogen-bond acceptors (Lipinski definition) is 5. The van der Waals surface area contributed by atoms with E-state index in [9.17, 15) is 14.4 Å². The van der Waals surface area contributed by atoms with Crippen molar-refractivity contribution in [3.05, 3.63) is 106 Å². The zero-order chi connectivity index (χ0) is 26.8. The molecule has 38 heavy (non-hydrogen) atoms. The van der Waals surface area contributed by atoms with Crippen molar-refractivity contribution >= 4 is 52.0 Å². The average molecular weight is 527 g/mol. The van der Waals surface area contributed by atoms with Gasteiger partial charge in [-0.3, -0.25) is 14.9 Å². The predicted octanol–water partition coefficient (Wildman–Crippen LogP) is 6.06.